The number of benzene rings is 1. The van der Waals surface area contributed by atoms with Crippen molar-refractivity contribution in [2.24, 2.45) is 0 Å². The smallest absolute Gasteiger partial charge is 0.266 e. The van der Waals surface area contributed by atoms with E-state index in [1.165, 1.54) is 27.4 Å². The van der Waals surface area contributed by atoms with Gasteiger partial charge in [0.25, 0.3) is 5.91 Å². The Balaban J connectivity index is 1.60. The molecule has 30 heavy (non-hydrogen) atoms. The van der Waals surface area contributed by atoms with Gasteiger partial charge in [-0.1, -0.05) is 54.0 Å². The number of carbonyl (C=O) groups is 1. The van der Waals surface area contributed by atoms with E-state index in [2.05, 4.69) is 48.2 Å². The predicted octanol–water partition coefficient (Wildman–Crippen LogP) is 5.84. The monoisotopic (exact) mass is 456 g/mol. The van der Waals surface area contributed by atoms with Crippen molar-refractivity contribution >= 4 is 51.7 Å². The van der Waals surface area contributed by atoms with Gasteiger partial charge in [0.2, 0.25) is 0 Å². The molecule has 2 heterocycles. The Morgan fingerprint density at radius 1 is 1.10 bits per heavy atom. The number of para-hydroxylation sites is 1. The van der Waals surface area contributed by atoms with Crippen LogP contribution in [0.25, 0.3) is 0 Å². The lowest BCUT2D eigenvalue weighted by Gasteiger charge is -2.17. The molecule has 3 aliphatic rings. The number of hydrogen-bond donors (Lipinski definition) is 0. The highest BCUT2D eigenvalue weighted by Gasteiger charge is 2.32. The number of amides is 1. The van der Waals surface area contributed by atoms with Crippen LogP contribution in [0.1, 0.15) is 26.7 Å². The van der Waals surface area contributed by atoms with Gasteiger partial charge in [-0.15, -0.1) is 0 Å². The molecule has 1 aromatic rings. The highest BCUT2D eigenvalue weighted by molar-refractivity contribution is 8.26. The standard InChI is InChI=1S/C23H24N2O2S3/c1-4-24-17-8-6-7-9-18(17)29-20(24)13-12-15-10-11-16(21(15)27-3)14-19-22(26)25(5-2)23(28)30-19/h6-9,12-14H,4-5,10-11H2,1-3H3/b15-12-,19-14-,20-13+. The fourth-order valence-electron chi connectivity index (χ4n) is 3.87. The molecule has 1 amide bonds. The van der Waals surface area contributed by atoms with E-state index >= 15 is 0 Å². The van der Waals surface area contributed by atoms with Gasteiger partial charge in [-0.2, -0.15) is 0 Å². The van der Waals surface area contributed by atoms with Gasteiger partial charge in [0.15, 0.2) is 0 Å². The molecule has 0 atom stereocenters. The third-order valence-electron chi connectivity index (χ3n) is 5.33. The van der Waals surface area contributed by atoms with Crippen molar-refractivity contribution in [1.82, 2.24) is 4.90 Å². The molecule has 4 rings (SSSR count). The predicted molar refractivity (Wildman–Crippen MR) is 130 cm³/mol. The SMILES string of the molecule is CCN1C(=O)/C(=C/C2=C(OC)C(=C\C=C3\Sc4ccccc4N3CC)/CC2)SC1=S. The number of allylic oxidation sites excluding steroid dienone is 5. The van der Waals surface area contributed by atoms with Crippen molar-refractivity contribution < 1.29 is 9.53 Å². The summed E-state index contributed by atoms with van der Waals surface area (Å²) in [5, 5.41) is 1.22. The van der Waals surface area contributed by atoms with Crippen molar-refractivity contribution in [1.29, 1.82) is 0 Å². The Bertz CT molecular complexity index is 1020. The van der Waals surface area contributed by atoms with Crippen molar-refractivity contribution in [3.8, 4) is 0 Å². The van der Waals surface area contributed by atoms with Crippen molar-refractivity contribution in [2.75, 3.05) is 25.1 Å². The van der Waals surface area contributed by atoms with Crippen LogP contribution in [0.4, 0.5) is 5.69 Å². The number of anilines is 1. The molecule has 156 valence electrons. The minimum Gasteiger partial charge on any atom is -0.496 e. The Labute approximate surface area is 191 Å². The summed E-state index contributed by atoms with van der Waals surface area (Å²) in [5.41, 5.74) is 3.49. The second-order valence-electron chi connectivity index (χ2n) is 7.00. The molecular weight excluding hydrogens is 432 g/mol. The van der Waals surface area contributed by atoms with Gasteiger partial charge in [-0.3, -0.25) is 9.69 Å². The van der Waals surface area contributed by atoms with E-state index in [1.807, 2.05) is 13.0 Å². The summed E-state index contributed by atoms with van der Waals surface area (Å²) in [6.07, 6.45) is 8.06. The largest absolute Gasteiger partial charge is 0.496 e. The number of carbonyl (C=O) groups excluding carboxylic acids is 1. The Morgan fingerprint density at radius 3 is 2.57 bits per heavy atom. The van der Waals surface area contributed by atoms with Gasteiger partial charge in [-0.05, 0) is 62.1 Å². The molecule has 1 aromatic carbocycles. The Kier molecular flexibility index (Phi) is 6.41. The molecule has 0 N–H and O–H groups in total. The fraction of sp³-hybridized carbons (Fsp3) is 0.304. The molecule has 1 fully saturated rings. The number of nitrogens with zero attached hydrogens (tertiary/aromatic N) is 2. The first kappa shape index (κ1) is 21.3. The van der Waals surface area contributed by atoms with Crippen LogP contribution in [0.15, 0.2) is 74.2 Å². The van der Waals surface area contributed by atoms with Crippen LogP contribution in [0.2, 0.25) is 0 Å². The number of ether oxygens (including phenoxy) is 1. The van der Waals surface area contributed by atoms with Crippen LogP contribution in [0.5, 0.6) is 0 Å². The summed E-state index contributed by atoms with van der Waals surface area (Å²) in [6, 6.07) is 8.49. The summed E-state index contributed by atoms with van der Waals surface area (Å²) in [4.78, 5) is 18.5. The van der Waals surface area contributed by atoms with Gasteiger partial charge >= 0.3 is 0 Å². The molecule has 7 heteroatoms. The number of thiocarbonyl (C=S) groups is 1. The lowest BCUT2D eigenvalue weighted by Crippen LogP contribution is -2.27. The average Bonchev–Trinajstić information content (AvgIpc) is 3.39. The maximum absolute atomic E-state index is 12.5. The first-order chi connectivity index (χ1) is 14.6. The average molecular weight is 457 g/mol. The van der Waals surface area contributed by atoms with Gasteiger partial charge in [0.05, 0.1) is 22.7 Å². The van der Waals surface area contributed by atoms with Crippen LogP contribution < -0.4 is 4.90 Å². The topological polar surface area (TPSA) is 32.8 Å². The van der Waals surface area contributed by atoms with E-state index in [0.29, 0.717) is 15.8 Å². The fourth-order valence-corrected chi connectivity index (χ4v) is 6.39. The number of rotatable bonds is 5. The summed E-state index contributed by atoms with van der Waals surface area (Å²) < 4.78 is 6.37. The first-order valence-electron chi connectivity index (χ1n) is 10.1. The molecule has 2 aliphatic heterocycles. The second kappa shape index (κ2) is 9.04. The lowest BCUT2D eigenvalue weighted by molar-refractivity contribution is -0.122. The molecule has 0 aromatic heterocycles. The minimum absolute atomic E-state index is 0.00583. The van der Waals surface area contributed by atoms with Crippen LogP contribution >= 0.6 is 35.7 Å². The van der Waals surface area contributed by atoms with Gasteiger partial charge in [0.1, 0.15) is 10.1 Å². The third kappa shape index (κ3) is 3.86. The zero-order chi connectivity index (χ0) is 21.3. The van der Waals surface area contributed by atoms with Crippen LogP contribution in [-0.2, 0) is 9.53 Å². The molecule has 0 spiro atoms. The normalized spacial score (nSPS) is 23.0. The Morgan fingerprint density at radius 2 is 1.87 bits per heavy atom. The number of thioether (sulfide) groups is 2. The zero-order valence-electron chi connectivity index (χ0n) is 17.3. The second-order valence-corrected chi connectivity index (χ2v) is 9.73. The summed E-state index contributed by atoms with van der Waals surface area (Å²) in [7, 11) is 1.70. The molecule has 0 bridgehead atoms. The van der Waals surface area contributed by atoms with E-state index in [0.717, 1.165) is 36.3 Å². The summed E-state index contributed by atoms with van der Waals surface area (Å²) in [5.74, 6) is 0.867. The molecule has 4 nitrogen and oxygen atoms in total. The van der Waals surface area contributed by atoms with Crippen molar-refractivity contribution in [2.45, 2.75) is 31.6 Å². The van der Waals surface area contributed by atoms with Crippen LogP contribution in [0, 0.1) is 0 Å². The van der Waals surface area contributed by atoms with E-state index in [1.54, 1.807) is 23.8 Å². The number of fused-ring (bicyclic) bond motifs is 1. The molecule has 0 saturated carbocycles. The van der Waals surface area contributed by atoms with Gasteiger partial charge in [-0.25, -0.2) is 0 Å². The zero-order valence-corrected chi connectivity index (χ0v) is 19.8. The van der Waals surface area contributed by atoms with Gasteiger partial charge < -0.3 is 9.64 Å². The minimum atomic E-state index is -0.00583. The maximum atomic E-state index is 12.5. The van der Waals surface area contributed by atoms with E-state index in [4.69, 9.17) is 17.0 Å². The van der Waals surface area contributed by atoms with E-state index < -0.39 is 0 Å². The highest BCUT2D eigenvalue weighted by atomic mass is 32.2. The molecule has 1 aliphatic carbocycles. The Hall–Kier alpha value is -1.96. The molecule has 1 saturated heterocycles. The van der Waals surface area contributed by atoms with Crippen LogP contribution in [-0.4, -0.2) is 35.3 Å². The quantitative estimate of drug-likeness (QED) is 0.409. The summed E-state index contributed by atoms with van der Waals surface area (Å²) in [6.45, 7) is 5.64. The van der Waals surface area contributed by atoms with Crippen molar-refractivity contribution in [3.05, 3.63) is 69.3 Å². The molecule has 0 radical (unpaired) electrons. The third-order valence-corrected chi connectivity index (χ3v) is 7.83. The lowest BCUT2D eigenvalue weighted by atomic mass is 10.2. The van der Waals surface area contributed by atoms with E-state index in [-0.39, 0.29) is 5.91 Å². The van der Waals surface area contributed by atoms with Gasteiger partial charge in [0, 0.05) is 18.0 Å². The summed E-state index contributed by atoms with van der Waals surface area (Å²) >= 11 is 8.50. The van der Waals surface area contributed by atoms with E-state index in [9.17, 15) is 4.79 Å². The molecular formula is C23H24N2O2S3. The van der Waals surface area contributed by atoms with Crippen molar-refractivity contribution in [3.63, 3.8) is 0 Å². The maximum Gasteiger partial charge on any atom is 0.266 e. The number of likely N-dealkylation sites (N-methyl/N-ethyl adjacent to an activating group) is 1. The first-order valence-corrected chi connectivity index (χ1v) is 12.1. The van der Waals surface area contributed by atoms with Crippen LogP contribution in [0.3, 0.4) is 0 Å². The number of hydrogen-bond acceptors (Lipinski definition) is 6. The highest BCUT2D eigenvalue weighted by Crippen LogP contribution is 2.46. The molecule has 0 unspecified atom stereocenters. The number of methoxy groups -OCH3 is 1.